The maximum absolute atomic E-state index is 12.3. The summed E-state index contributed by atoms with van der Waals surface area (Å²) in [5.74, 6) is 0. The lowest BCUT2D eigenvalue weighted by atomic mass is 10.3. The van der Waals surface area contributed by atoms with Crippen LogP contribution in [0.3, 0.4) is 0 Å². The summed E-state index contributed by atoms with van der Waals surface area (Å²) < 4.78 is 17.4. The van der Waals surface area contributed by atoms with E-state index in [4.69, 9.17) is 21.9 Å². The maximum atomic E-state index is 12.3. The number of nitrogens with two attached hydrogens (primary N) is 1. The molecule has 1 aromatic heterocycles. The number of halogens is 1. The molecule has 1 aromatic carbocycles. The van der Waals surface area contributed by atoms with Gasteiger partial charge in [0.1, 0.15) is 5.03 Å². The SMILES string of the molecule is COP(C)(=O)c1cc(Sc2ccc(Cl)cn2)ccc1N. The van der Waals surface area contributed by atoms with E-state index in [0.717, 1.165) is 9.92 Å². The van der Waals surface area contributed by atoms with Gasteiger partial charge in [-0.2, -0.15) is 0 Å². The van der Waals surface area contributed by atoms with Crippen LogP contribution in [0.15, 0.2) is 46.5 Å². The highest BCUT2D eigenvalue weighted by Crippen LogP contribution is 2.43. The van der Waals surface area contributed by atoms with Gasteiger partial charge in [-0.1, -0.05) is 23.4 Å². The fourth-order valence-electron chi connectivity index (χ4n) is 1.58. The maximum Gasteiger partial charge on any atom is 0.230 e. The molecule has 2 N–H and O–H groups in total. The fraction of sp³-hybridized carbons (Fsp3) is 0.154. The van der Waals surface area contributed by atoms with Crippen LogP contribution in [0.2, 0.25) is 5.02 Å². The predicted molar refractivity (Wildman–Crippen MR) is 84.4 cm³/mol. The lowest BCUT2D eigenvalue weighted by Crippen LogP contribution is -2.11. The largest absolute Gasteiger partial charge is 0.398 e. The number of anilines is 1. The van der Waals surface area contributed by atoms with E-state index in [9.17, 15) is 4.57 Å². The normalized spacial score (nSPS) is 13.9. The number of rotatable bonds is 4. The van der Waals surface area contributed by atoms with Crippen LogP contribution in [0, 0.1) is 0 Å². The number of hydrogen-bond acceptors (Lipinski definition) is 5. The molecule has 0 aliphatic carbocycles. The number of aromatic nitrogens is 1. The van der Waals surface area contributed by atoms with Gasteiger partial charge in [-0.3, -0.25) is 4.57 Å². The minimum atomic E-state index is -2.88. The first-order valence-electron chi connectivity index (χ1n) is 5.75. The van der Waals surface area contributed by atoms with Gasteiger partial charge >= 0.3 is 0 Å². The molecule has 106 valence electrons. The van der Waals surface area contributed by atoms with Gasteiger partial charge in [0.25, 0.3) is 0 Å². The van der Waals surface area contributed by atoms with Crippen LogP contribution in [-0.2, 0) is 9.09 Å². The van der Waals surface area contributed by atoms with Crippen molar-refractivity contribution in [1.29, 1.82) is 0 Å². The summed E-state index contributed by atoms with van der Waals surface area (Å²) in [5, 5.41) is 1.91. The van der Waals surface area contributed by atoms with Gasteiger partial charge in [0.2, 0.25) is 7.37 Å². The number of nitrogen functional groups attached to an aromatic ring is 1. The standard InChI is InChI=1S/C13H14ClN2O2PS/c1-18-19(2,17)12-7-10(4-5-11(12)15)20-13-6-3-9(14)8-16-13/h3-8H,15H2,1-2H3. The van der Waals surface area contributed by atoms with Gasteiger partial charge in [0.05, 0.1) is 10.3 Å². The van der Waals surface area contributed by atoms with Crippen molar-refractivity contribution in [3.8, 4) is 0 Å². The van der Waals surface area contributed by atoms with E-state index in [1.165, 1.54) is 18.9 Å². The first-order valence-corrected chi connectivity index (χ1v) is 9.02. The topological polar surface area (TPSA) is 65.2 Å². The van der Waals surface area contributed by atoms with Crippen molar-refractivity contribution in [2.45, 2.75) is 9.92 Å². The van der Waals surface area contributed by atoms with Crippen molar-refractivity contribution in [1.82, 2.24) is 4.98 Å². The lowest BCUT2D eigenvalue weighted by molar-refractivity contribution is 0.408. The summed E-state index contributed by atoms with van der Waals surface area (Å²) in [7, 11) is -1.47. The molecule has 7 heteroatoms. The van der Waals surface area contributed by atoms with E-state index in [2.05, 4.69) is 4.98 Å². The molecular formula is C13H14ClN2O2PS. The molecule has 0 aliphatic heterocycles. The highest BCUT2D eigenvalue weighted by Gasteiger charge is 2.21. The average Bonchev–Trinajstić information content (AvgIpc) is 2.43. The molecule has 1 atom stereocenters. The molecule has 2 rings (SSSR count). The van der Waals surface area contributed by atoms with Gasteiger partial charge in [0.15, 0.2) is 0 Å². The molecule has 0 saturated heterocycles. The van der Waals surface area contributed by atoms with Crippen LogP contribution >= 0.6 is 30.7 Å². The highest BCUT2D eigenvalue weighted by molar-refractivity contribution is 7.99. The molecule has 0 saturated carbocycles. The van der Waals surface area contributed by atoms with Crippen molar-refractivity contribution >= 4 is 41.7 Å². The number of hydrogen-bond donors (Lipinski definition) is 1. The third-order valence-corrected chi connectivity index (χ3v) is 5.83. The molecule has 0 spiro atoms. The first kappa shape index (κ1) is 15.4. The second-order valence-electron chi connectivity index (χ2n) is 4.17. The van der Waals surface area contributed by atoms with E-state index in [1.54, 1.807) is 31.1 Å². The van der Waals surface area contributed by atoms with Crippen LogP contribution in [0.1, 0.15) is 0 Å². The molecular weight excluding hydrogens is 315 g/mol. The van der Waals surface area contributed by atoms with Gasteiger partial charge in [-0.05, 0) is 30.3 Å². The summed E-state index contributed by atoms with van der Waals surface area (Å²) in [5.41, 5.74) is 6.33. The zero-order valence-corrected chi connectivity index (χ0v) is 13.5. The highest BCUT2D eigenvalue weighted by atomic mass is 35.5. The summed E-state index contributed by atoms with van der Waals surface area (Å²) in [6.07, 6.45) is 1.59. The van der Waals surface area contributed by atoms with E-state index in [1.807, 2.05) is 12.1 Å². The van der Waals surface area contributed by atoms with Crippen LogP contribution in [0.4, 0.5) is 5.69 Å². The molecule has 0 fully saturated rings. The van der Waals surface area contributed by atoms with Crippen LogP contribution < -0.4 is 11.0 Å². The smallest absolute Gasteiger partial charge is 0.230 e. The molecule has 4 nitrogen and oxygen atoms in total. The Morgan fingerprint density at radius 1 is 1.35 bits per heavy atom. The van der Waals surface area contributed by atoms with Crippen LogP contribution in [0.5, 0.6) is 0 Å². The van der Waals surface area contributed by atoms with E-state index in [-0.39, 0.29) is 0 Å². The molecule has 0 bridgehead atoms. The predicted octanol–water partition coefficient (Wildman–Crippen LogP) is 3.65. The Balaban J connectivity index is 2.32. The fourth-order valence-corrected chi connectivity index (χ4v) is 3.69. The third kappa shape index (κ3) is 3.55. The van der Waals surface area contributed by atoms with Gasteiger partial charge < -0.3 is 10.3 Å². The summed E-state index contributed by atoms with van der Waals surface area (Å²) in [4.78, 5) is 5.10. The van der Waals surface area contributed by atoms with E-state index >= 15 is 0 Å². The summed E-state index contributed by atoms with van der Waals surface area (Å²) >= 11 is 7.24. The number of pyridine rings is 1. The Morgan fingerprint density at radius 3 is 2.70 bits per heavy atom. The Kier molecular flexibility index (Phi) is 4.76. The van der Waals surface area contributed by atoms with Crippen molar-refractivity contribution in [2.75, 3.05) is 19.5 Å². The number of nitrogens with zero attached hydrogens (tertiary/aromatic N) is 1. The average molecular weight is 329 g/mol. The molecule has 0 amide bonds. The van der Waals surface area contributed by atoms with Gasteiger partial charge in [-0.15, -0.1) is 0 Å². The molecule has 2 aromatic rings. The van der Waals surface area contributed by atoms with E-state index in [0.29, 0.717) is 16.0 Å². The minimum Gasteiger partial charge on any atom is -0.398 e. The molecule has 20 heavy (non-hydrogen) atoms. The molecule has 0 aliphatic rings. The summed E-state index contributed by atoms with van der Waals surface area (Å²) in [6, 6.07) is 8.96. The van der Waals surface area contributed by atoms with Gasteiger partial charge in [-0.25, -0.2) is 4.98 Å². The Hall–Kier alpha value is -1.00. The van der Waals surface area contributed by atoms with Crippen molar-refractivity contribution < 1.29 is 9.09 Å². The quantitative estimate of drug-likeness (QED) is 0.685. The van der Waals surface area contributed by atoms with Crippen molar-refractivity contribution in [3.05, 3.63) is 41.6 Å². The second kappa shape index (κ2) is 6.19. The van der Waals surface area contributed by atoms with Crippen LogP contribution in [-0.4, -0.2) is 18.8 Å². The lowest BCUT2D eigenvalue weighted by Gasteiger charge is -2.14. The third-order valence-electron chi connectivity index (χ3n) is 2.71. The summed E-state index contributed by atoms with van der Waals surface area (Å²) in [6.45, 7) is 1.55. The molecule has 1 unspecified atom stereocenters. The van der Waals surface area contributed by atoms with Crippen molar-refractivity contribution in [2.24, 2.45) is 0 Å². The van der Waals surface area contributed by atoms with E-state index < -0.39 is 7.37 Å². The Labute approximate surface area is 127 Å². The second-order valence-corrected chi connectivity index (χ2v) is 8.23. The zero-order chi connectivity index (χ0) is 14.8. The first-order chi connectivity index (χ1) is 9.42. The molecule has 0 radical (unpaired) electrons. The molecule has 1 heterocycles. The zero-order valence-electron chi connectivity index (χ0n) is 11.0. The minimum absolute atomic E-state index is 0.464. The van der Waals surface area contributed by atoms with Crippen LogP contribution in [0.25, 0.3) is 0 Å². The van der Waals surface area contributed by atoms with Gasteiger partial charge in [0, 0.05) is 30.6 Å². The Morgan fingerprint density at radius 2 is 2.10 bits per heavy atom. The monoisotopic (exact) mass is 328 g/mol. The Bertz CT molecular complexity index is 664. The number of benzene rings is 1. The van der Waals surface area contributed by atoms with Crippen molar-refractivity contribution in [3.63, 3.8) is 0 Å².